The number of benzene rings is 2. The van der Waals surface area contributed by atoms with Gasteiger partial charge < -0.3 is 14.5 Å². The van der Waals surface area contributed by atoms with E-state index in [2.05, 4.69) is 5.32 Å². The molecular formula is C30H39N2O4+. The summed E-state index contributed by atoms with van der Waals surface area (Å²) < 4.78 is 6.81. The number of quaternary nitrogens is 1. The molecule has 4 aliphatic rings. The number of fused-ring (bicyclic) bond motifs is 3. The highest BCUT2D eigenvalue weighted by Gasteiger charge is 2.49. The van der Waals surface area contributed by atoms with Gasteiger partial charge in [0.2, 0.25) is 11.7 Å². The molecule has 192 valence electrons. The van der Waals surface area contributed by atoms with E-state index >= 15 is 0 Å². The normalized spacial score (nSPS) is 26.0. The molecule has 1 amide bonds. The van der Waals surface area contributed by atoms with Crippen molar-refractivity contribution < 1.29 is 23.6 Å². The SMILES string of the molecule is C.O=C(C[N+]12CCC(CC1)[C@@H](OC(=O)C(NC(=O)C1CCCC1)c1ccccc1)C2)c1ccccc1. The number of hydrogen-bond donors (Lipinski definition) is 1. The lowest BCUT2D eigenvalue weighted by Gasteiger charge is -2.51. The number of amides is 1. The van der Waals surface area contributed by atoms with E-state index in [0.717, 1.165) is 62.7 Å². The van der Waals surface area contributed by atoms with E-state index in [1.54, 1.807) is 0 Å². The van der Waals surface area contributed by atoms with Crippen molar-refractivity contribution in [3.05, 3.63) is 71.8 Å². The minimum Gasteiger partial charge on any atom is -0.454 e. The smallest absolute Gasteiger partial charge is 0.333 e. The lowest BCUT2D eigenvalue weighted by Crippen LogP contribution is -2.66. The molecule has 36 heavy (non-hydrogen) atoms. The van der Waals surface area contributed by atoms with Gasteiger partial charge in [-0.05, 0) is 18.4 Å². The van der Waals surface area contributed by atoms with Gasteiger partial charge in [0.05, 0.1) is 13.1 Å². The van der Waals surface area contributed by atoms with Gasteiger partial charge in [0.15, 0.2) is 12.1 Å². The number of rotatable bonds is 8. The Labute approximate surface area is 214 Å². The molecule has 6 heteroatoms. The summed E-state index contributed by atoms with van der Waals surface area (Å²) in [4.78, 5) is 39.4. The standard InChI is InChI=1S/C29H34N2O4.CH4/c32-25(21-9-3-1-4-10-21)19-31-17-15-22(16-18-31)26(20-31)35-29(34)27(23-11-5-2-6-12-23)30-28(33)24-13-7-8-14-24;/h1-6,9-12,22,24,26-27H,7-8,13-20H2;1H4/p+1/t22?,26-,27?,31?;/m0./s1. The Bertz CT molecular complexity index is 1040. The molecule has 0 aromatic heterocycles. The average molecular weight is 492 g/mol. The Hall–Kier alpha value is -2.99. The van der Waals surface area contributed by atoms with Gasteiger partial charge in [-0.2, -0.15) is 0 Å². The van der Waals surface area contributed by atoms with Crippen LogP contribution in [0.4, 0.5) is 0 Å². The molecule has 2 bridgehead atoms. The number of nitrogens with zero attached hydrogens (tertiary/aromatic N) is 1. The summed E-state index contributed by atoms with van der Waals surface area (Å²) in [6.45, 7) is 2.98. The minimum atomic E-state index is -0.806. The summed E-state index contributed by atoms with van der Waals surface area (Å²) in [7, 11) is 0. The first-order chi connectivity index (χ1) is 17.0. The van der Waals surface area contributed by atoms with Crippen LogP contribution in [0.25, 0.3) is 0 Å². The summed E-state index contributed by atoms with van der Waals surface area (Å²) in [6.07, 6.45) is 5.54. The number of nitrogens with one attached hydrogen (secondary N) is 1. The van der Waals surface area contributed by atoms with Crippen molar-refractivity contribution in [2.24, 2.45) is 11.8 Å². The maximum absolute atomic E-state index is 13.5. The zero-order chi connectivity index (χ0) is 24.3. The summed E-state index contributed by atoms with van der Waals surface area (Å²) in [6, 6.07) is 18.0. The van der Waals surface area contributed by atoms with Crippen molar-refractivity contribution in [2.75, 3.05) is 26.2 Å². The van der Waals surface area contributed by atoms with Crippen LogP contribution in [0.5, 0.6) is 0 Å². The molecule has 2 aromatic carbocycles. The van der Waals surface area contributed by atoms with Gasteiger partial charge in [0.1, 0.15) is 13.1 Å². The fourth-order valence-corrected chi connectivity index (χ4v) is 6.19. The monoisotopic (exact) mass is 491 g/mol. The lowest BCUT2D eigenvalue weighted by atomic mass is 9.82. The molecule has 3 heterocycles. The van der Waals surface area contributed by atoms with Crippen molar-refractivity contribution in [1.29, 1.82) is 0 Å². The van der Waals surface area contributed by atoms with E-state index in [1.165, 1.54) is 0 Å². The van der Waals surface area contributed by atoms with Crippen molar-refractivity contribution >= 4 is 17.7 Å². The summed E-state index contributed by atoms with van der Waals surface area (Å²) in [5, 5.41) is 3.00. The molecule has 1 saturated carbocycles. The molecule has 0 spiro atoms. The number of hydrogen-bond acceptors (Lipinski definition) is 4. The molecule has 2 atom stereocenters. The predicted octanol–water partition coefficient (Wildman–Crippen LogP) is 4.71. The molecule has 1 N–H and O–H groups in total. The third kappa shape index (κ3) is 5.70. The number of piperidine rings is 3. The molecule has 0 radical (unpaired) electrons. The summed E-state index contributed by atoms with van der Waals surface area (Å²) in [5.74, 6) is -0.0219. The second kappa shape index (κ2) is 11.4. The number of Topliss-reactive ketones (excluding diaryl/α,β-unsaturated/α-hetero) is 1. The number of esters is 1. The van der Waals surface area contributed by atoms with Gasteiger partial charge in [-0.1, -0.05) is 80.9 Å². The maximum Gasteiger partial charge on any atom is 0.333 e. The van der Waals surface area contributed by atoms with Gasteiger partial charge in [-0.3, -0.25) is 9.59 Å². The molecule has 4 fully saturated rings. The quantitative estimate of drug-likeness (QED) is 0.330. The fraction of sp³-hybridized carbons (Fsp3) is 0.500. The van der Waals surface area contributed by atoms with Crippen LogP contribution >= 0.6 is 0 Å². The largest absolute Gasteiger partial charge is 0.454 e. The van der Waals surface area contributed by atoms with E-state index in [-0.39, 0.29) is 31.1 Å². The first kappa shape index (κ1) is 26.1. The molecule has 6 nitrogen and oxygen atoms in total. The molecule has 1 aliphatic carbocycles. The van der Waals surface area contributed by atoms with Crippen LogP contribution in [-0.2, 0) is 14.3 Å². The Morgan fingerprint density at radius 3 is 2.14 bits per heavy atom. The highest BCUT2D eigenvalue weighted by atomic mass is 16.5. The molecule has 3 saturated heterocycles. The van der Waals surface area contributed by atoms with Crippen molar-refractivity contribution in [3.63, 3.8) is 0 Å². The zero-order valence-electron chi connectivity index (χ0n) is 20.2. The van der Waals surface area contributed by atoms with Crippen LogP contribution in [0.1, 0.15) is 67.9 Å². The number of ether oxygens (including phenoxy) is 1. The highest BCUT2D eigenvalue weighted by molar-refractivity contribution is 5.97. The average Bonchev–Trinajstić information content (AvgIpc) is 3.44. The first-order valence-electron chi connectivity index (χ1n) is 13.0. The Balaban J connectivity index is 0.00000304. The van der Waals surface area contributed by atoms with E-state index in [9.17, 15) is 14.4 Å². The van der Waals surface area contributed by atoms with E-state index in [1.807, 2.05) is 60.7 Å². The third-order valence-electron chi connectivity index (χ3n) is 8.26. The fourth-order valence-electron chi connectivity index (χ4n) is 6.19. The van der Waals surface area contributed by atoms with Crippen molar-refractivity contribution in [3.8, 4) is 0 Å². The predicted molar refractivity (Wildman–Crippen MR) is 139 cm³/mol. The van der Waals surface area contributed by atoms with Gasteiger partial charge in [0, 0.05) is 30.2 Å². The third-order valence-corrected chi connectivity index (χ3v) is 8.26. The van der Waals surface area contributed by atoms with E-state index in [0.29, 0.717) is 23.5 Å². The highest BCUT2D eigenvalue weighted by Crippen LogP contribution is 2.36. The molecule has 2 aromatic rings. The van der Waals surface area contributed by atoms with Crippen LogP contribution in [0.15, 0.2) is 60.7 Å². The van der Waals surface area contributed by atoms with Crippen LogP contribution in [-0.4, -0.2) is 54.4 Å². The van der Waals surface area contributed by atoms with Gasteiger partial charge in [-0.15, -0.1) is 0 Å². The van der Waals surface area contributed by atoms with Crippen molar-refractivity contribution in [1.82, 2.24) is 5.32 Å². The maximum atomic E-state index is 13.5. The van der Waals surface area contributed by atoms with Crippen LogP contribution in [0, 0.1) is 11.8 Å². The summed E-state index contributed by atoms with van der Waals surface area (Å²) in [5.41, 5.74) is 1.48. The van der Waals surface area contributed by atoms with Crippen LogP contribution in [0.3, 0.4) is 0 Å². The Morgan fingerprint density at radius 1 is 0.889 bits per heavy atom. The Morgan fingerprint density at radius 2 is 1.50 bits per heavy atom. The lowest BCUT2D eigenvalue weighted by molar-refractivity contribution is -0.938. The minimum absolute atomic E-state index is 0. The van der Waals surface area contributed by atoms with Crippen molar-refractivity contribution in [2.45, 2.75) is 58.1 Å². The van der Waals surface area contributed by atoms with Gasteiger partial charge in [-0.25, -0.2) is 4.79 Å². The molecule has 3 aliphatic heterocycles. The second-order valence-electron chi connectivity index (χ2n) is 10.6. The van der Waals surface area contributed by atoms with E-state index in [4.69, 9.17) is 4.74 Å². The van der Waals surface area contributed by atoms with E-state index < -0.39 is 12.0 Å². The number of carbonyl (C=O) groups is 3. The number of carbonyl (C=O) groups excluding carboxylic acids is 3. The second-order valence-corrected chi connectivity index (χ2v) is 10.6. The zero-order valence-corrected chi connectivity index (χ0v) is 20.2. The molecule has 1 unspecified atom stereocenters. The van der Waals surface area contributed by atoms with Crippen LogP contribution in [0.2, 0.25) is 0 Å². The number of ketones is 1. The van der Waals surface area contributed by atoms with Gasteiger partial charge >= 0.3 is 5.97 Å². The first-order valence-corrected chi connectivity index (χ1v) is 13.0. The molecular weight excluding hydrogens is 452 g/mol. The molecule has 6 rings (SSSR count). The summed E-state index contributed by atoms with van der Waals surface area (Å²) >= 11 is 0. The van der Waals surface area contributed by atoms with Crippen LogP contribution < -0.4 is 5.32 Å². The van der Waals surface area contributed by atoms with Gasteiger partial charge in [0.25, 0.3) is 0 Å². The Kier molecular flexibility index (Phi) is 8.24. The topological polar surface area (TPSA) is 72.5 Å².